The summed E-state index contributed by atoms with van der Waals surface area (Å²) in [6.45, 7) is 0.688. The van der Waals surface area contributed by atoms with Gasteiger partial charge in [0.15, 0.2) is 0 Å². The van der Waals surface area contributed by atoms with E-state index in [4.69, 9.17) is 0 Å². The number of esters is 1. The fourth-order valence-electron chi connectivity index (χ4n) is 2.37. The Labute approximate surface area is 128 Å². The van der Waals surface area contributed by atoms with Gasteiger partial charge in [0.1, 0.15) is 0 Å². The fraction of sp³-hybridized carbons (Fsp3) is 0.111. The first-order valence-corrected chi connectivity index (χ1v) is 7.03. The Balaban J connectivity index is 2.00. The second-order valence-corrected chi connectivity index (χ2v) is 4.90. The van der Waals surface area contributed by atoms with Crippen LogP contribution in [0.3, 0.4) is 0 Å². The van der Waals surface area contributed by atoms with Crippen LogP contribution in [-0.4, -0.2) is 22.9 Å². The molecule has 3 rings (SSSR count). The molecular formula is C18H16N2O2. The van der Waals surface area contributed by atoms with Crippen molar-refractivity contribution in [3.63, 3.8) is 0 Å². The Bertz CT molecular complexity index is 819. The minimum atomic E-state index is -0.387. The number of hydrogen-bond donors (Lipinski definition) is 0. The lowest BCUT2D eigenvalue weighted by Gasteiger charge is -2.03. The first-order chi connectivity index (χ1) is 10.8. The number of fused-ring (bicyclic) bond motifs is 1. The van der Waals surface area contributed by atoms with Gasteiger partial charge in [-0.15, -0.1) is 0 Å². The molecule has 3 aromatic rings. The van der Waals surface area contributed by atoms with Crippen molar-refractivity contribution in [1.82, 2.24) is 9.78 Å². The Kier molecular flexibility index (Phi) is 4.01. The van der Waals surface area contributed by atoms with Gasteiger partial charge in [-0.2, -0.15) is 5.10 Å². The second kappa shape index (κ2) is 6.26. The molecule has 2 aromatic carbocycles. The maximum absolute atomic E-state index is 11.3. The van der Waals surface area contributed by atoms with E-state index in [1.165, 1.54) is 18.7 Å². The van der Waals surface area contributed by atoms with E-state index in [9.17, 15) is 4.79 Å². The standard InChI is InChI=1S/C18H16N2O2/c1-22-18(21)12-11-16-15-9-5-6-10-17(15)20(19-16)13-14-7-3-2-4-8-14/h2-12H,13H2,1H3/b12-11+. The van der Waals surface area contributed by atoms with Crippen LogP contribution in [0.15, 0.2) is 60.7 Å². The number of carbonyl (C=O) groups is 1. The maximum atomic E-state index is 11.3. The number of ether oxygens (including phenoxy) is 1. The summed E-state index contributed by atoms with van der Waals surface area (Å²) in [5.41, 5.74) is 2.98. The molecule has 110 valence electrons. The van der Waals surface area contributed by atoms with Gasteiger partial charge in [0.25, 0.3) is 0 Å². The lowest BCUT2D eigenvalue weighted by Crippen LogP contribution is -2.01. The smallest absolute Gasteiger partial charge is 0.330 e. The molecule has 0 fully saturated rings. The van der Waals surface area contributed by atoms with Gasteiger partial charge in [-0.1, -0.05) is 48.5 Å². The van der Waals surface area contributed by atoms with E-state index in [-0.39, 0.29) is 5.97 Å². The molecule has 0 spiro atoms. The summed E-state index contributed by atoms with van der Waals surface area (Å²) in [5.74, 6) is -0.387. The summed E-state index contributed by atoms with van der Waals surface area (Å²) in [6, 6.07) is 18.1. The van der Waals surface area contributed by atoms with Gasteiger partial charge in [-0.25, -0.2) is 4.79 Å². The van der Waals surface area contributed by atoms with E-state index < -0.39 is 0 Å². The lowest BCUT2D eigenvalue weighted by molar-refractivity contribution is -0.134. The zero-order chi connectivity index (χ0) is 15.4. The van der Waals surface area contributed by atoms with Gasteiger partial charge in [0, 0.05) is 11.5 Å². The lowest BCUT2D eigenvalue weighted by atomic mass is 10.2. The van der Waals surface area contributed by atoms with Gasteiger partial charge >= 0.3 is 5.97 Å². The molecule has 0 bridgehead atoms. The number of rotatable bonds is 4. The van der Waals surface area contributed by atoms with Crippen LogP contribution in [0.5, 0.6) is 0 Å². The molecule has 4 nitrogen and oxygen atoms in total. The largest absolute Gasteiger partial charge is 0.466 e. The van der Waals surface area contributed by atoms with Crippen LogP contribution in [-0.2, 0) is 16.1 Å². The monoisotopic (exact) mass is 292 g/mol. The minimum absolute atomic E-state index is 0.387. The molecule has 0 N–H and O–H groups in total. The van der Waals surface area contributed by atoms with E-state index in [1.54, 1.807) is 6.08 Å². The number of nitrogens with zero attached hydrogens (tertiary/aromatic N) is 2. The SMILES string of the molecule is COC(=O)/C=C/c1nn(Cc2ccccc2)c2ccccc12. The molecule has 1 heterocycles. The highest BCUT2D eigenvalue weighted by Gasteiger charge is 2.08. The van der Waals surface area contributed by atoms with Gasteiger partial charge < -0.3 is 4.74 Å². The van der Waals surface area contributed by atoms with Crippen molar-refractivity contribution in [2.45, 2.75) is 6.54 Å². The Morgan fingerprint density at radius 1 is 1.14 bits per heavy atom. The van der Waals surface area contributed by atoms with Crippen molar-refractivity contribution < 1.29 is 9.53 Å². The first-order valence-electron chi connectivity index (χ1n) is 7.03. The van der Waals surface area contributed by atoms with Crippen LogP contribution in [0.2, 0.25) is 0 Å². The highest BCUT2D eigenvalue weighted by molar-refractivity contribution is 5.92. The van der Waals surface area contributed by atoms with Crippen LogP contribution in [0, 0.1) is 0 Å². The normalized spacial score (nSPS) is 11.1. The van der Waals surface area contributed by atoms with Crippen LogP contribution >= 0.6 is 0 Å². The molecule has 0 amide bonds. The van der Waals surface area contributed by atoms with Crippen molar-refractivity contribution in [2.24, 2.45) is 0 Å². The number of aromatic nitrogens is 2. The number of hydrogen-bond acceptors (Lipinski definition) is 3. The molecular weight excluding hydrogens is 276 g/mol. The summed E-state index contributed by atoms with van der Waals surface area (Å²) in [4.78, 5) is 11.3. The van der Waals surface area contributed by atoms with Crippen molar-refractivity contribution in [1.29, 1.82) is 0 Å². The zero-order valence-electron chi connectivity index (χ0n) is 12.3. The Morgan fingerprint density at radius 2 is 1.86 bits per heavy atom. The van der Waals surface area contributed by atoms with Gasteiger partial charge in [-0.3, -0.25) is 4.68 Å². The third-order valence-electron chi connectivity index (χ3n) is 3.44. The molecule has 0 radical (unpaired) electrons. The summed E-state index contributed by atoms with van der Waals surface area (Å²) < 4.78 is 6.57. The van der Waals surface area contributed by atoms with Crippen molar-refractivity contribution in [3.8, 4) is 0 Å². The highest BCUT2D eigenvalue weighted by atomic mass is 16.5. The van der Waals surface area contributed by atoms with Crippen molar-refractivity contribution >= 4 is 22.9 Å². The predicted octanol–water partition coefficient (Wildman–Crippen LogP) is 3.27. The third kappa shape index (κ3) is 2.91. The highest BCUT2D eigenvalue weighted by Crippen LogP contribution is 2.20. The van der Waals surface area contributed by atoms with Crippen LogP contribution in [0.25, 0.3) is 17.0 Å². The van der Waals surface area contributed by atoms with E-state index in [0.29, 0.717) is 6.54 Å². The Hall–Kier alpha value is -2.88. The van der Waals surface area contributed by atoms with Gasteiger partial charge in [-0.05, 0) is 17.7 Å². The van der Waals surface area contributed by atoms with Crippen molar-refractivity contribution in [2.75, 3.05) is 7.11 Å². The third-order valence-corrected chi connectivity index (χ3v) is 3.44. The molecule has 0 aliphatic rings. The summed E-state index contributed by atoms with van der Waals surface area (Å²) in [6.07, 6.45) is 3.08. The molecule has 0 aliphatic carbocycles. The Morgan fingerprint density at radius 3 is 2.64 bits per heavy atom. The topological polar surface area (TPSA) is 44.1 Å². The average molecular weight is 292 g/mol. The van der Waals surface area contributed by atoms with E-state index in [0.717, 1.165) is 16.6 Å². The predicted molar refractivity (Wildman–Crippen MR) is 86.3 cm³/mol. The second-order valence-electron chi connectivity index (χ2n) is 4.90. The quantitative estimate of drug-likeness (QED) is 0.547. The minimum Gasteiger partial charge on any atom is -0.466 e. The zero-order valence-corrected chi connectivity index (χ0v) is 12.3. The van der Waals surface area contributed by atoms with Gasteiger partial charge in [0.2, 0.25) is 0 Å². The summed E-state index contributed by atoms with van der Waals surface area (Å²) in [5, 5.41) is 5.63. The molecule has 0 atom stereocenters. The number of carbonyl (C=O) groups excluding carboxylic acids is 1. The molecule has 0 unspecified atom stereocenters. The number of methoxy groups -OCH3 is 1. The fourth-order valence-corrected chi connectivity index (χ4v) is 2.37. The number of benzene rings is 2. The van der Waals surface area contributed by atoms with Crippen LogP contribution in [0.4, 0.5) is 0 Å². The molecule has 22 heavy (non-hydrogen) atoms. The van der Waals surface area contributed by atoms with Crippen LogP contribution < -0.4 is 0 Å². The molecule has 1 aromatic heterocycles. The molecule has 0 saturated heterocycles. The van der Waals surface area contributed by atoms with Gasteiger partial charge in [0.05, 0.1) is 24.9 Å². The average Bonchev–Trinajstić information content (AvgIpc) is 2.92. The van der Waals surface area contributed by atoms with E-state index in [2.05, 4.69) is 22.0 Å². The van der Waals surface area contributed by atoms with Crippen molar-refractivity contribution in [3.05, 3.63) is 71.9 Å². The maximum Gasteiger partial charge on any atom is 0.330 e. The molecule has 0 aliphatic heterocycles. The molecule has 4 heteroatoms. The van der Waals surface area contributed by atoms with Crippen LogP contribution in [0.1, 0.15) is 11.3 Å². The number of para-hydroxylation sites is 1. The summed E-state index contributed by atoms with van der Waals surface area (Å²) in [7, 11) is 1.36. The molecule has 0 saturated carbocycles. The first kappa shape index (κ1) is 14.1. The van der Waals surface area contributed by atoms with E-state index >= 15 is 0 Å². The summed E-state index contributed by atoms with van der Waals surface area (Å²) >= 11 is 0. The van der Waals surface area contributed by atoms with E-state index in [1.807, 2.05) is 47.1 Å².